The van der Waals surface area contributed by atoms with E-state index in [-0.39, 0.29) is 11.8 Å². The topological polar surface area (TPSA) is 73.6 Å². The molecule has 1 fully saturated rings. The number of sulfonamides is 1. The summed E-state index contributed by atoms with van der Waals surface area (Å²) in [6, 6.07) is 9.65. The molecule has 1 aliphatic heterocycles. The first kappa shape index (κ1) is 19.3. The molecule has 2 rings (SSSR count). The van der Waals surface area contributed by atoms with Crippen LogP contribution in [0.25, 0.3) is 0 Å². The average Bonchev–Trinajstić information content (AvgIpc) is 2.58. The predicted molar refractivity (Wildman–Crippen MR) is 95.9 cm³/mol. The number of ether oxygens (including phenoxy) is 1. The molecule has 24 heavy (non-hydrogen) atoms. The number of benzene rings is 1. The highest BCUT2D eigenvalue weighted by molar-refractivity contribution is 9.10. The molecule has 6 nitrogen and oxygen atoms in total. The second-order valence-electron chi connectivity index (χ2n) is 5.68. The van der Waals surface area contributed by atoms with Crippen molar-refractivity contribution < 1.29 is 13.2 Å². The molecule has 1 saturated heterocycles. The van der Waals surface area contributed by atoms with Crippen molar-refractivity contribution in [1.82, 2.24) is 9.21 Å². The molecule has 0 amide bonds. The first-order chi connectivity index (χ1) is 11.5. The zero-order valence-corrected chi connectivity index (χ0v) is 16.1. The van der Waals surface area contributed by atoms with Gasteiger partial charge in [-0.25, -0.2) is 8.42 Å². The number of nitrogens with zero attached hydrogens (tertiary/aromatic N) is 3. The Morgan fingerprint density at radius 2 is 1.88 bits per heavy atom. The number of hydrogen-bond donors (Lipinski definition) is 0. The zero-order valence-electron chi connectivity index (χ0n) is 13.7. The van der Waals surface area contributed by atoms with Gasteiger partial charge in [-0.15, -0.1) is 0 Å². The molecule has 0 saturated carbocycles. The first-order valence-corrected chi connectivity index (χ1v) is 10.2. The van der Waals surface area contributed by atoms with E-state index in [4.69, 9.17) is 4.74 Å². The predicted octanol–water partition coefficient (Wildman–Crippen LogP) is 2.00. The minimum absolute atomic E-state index is 0.106. The van der Waals surface area contributed by atoms with Crippen LogP contribution in [0.3, 0.4) is 0 Å². The molecule has 132 valence electrons. The fraction of sp³-hybridized carbons (Fsp3) is 0.562. The first-order valence-electron chi connectivity index (χ1n) is 7.84. The van der Waals surface area contributed by atoms with E-state index in [1.807, 2.05) is 29.2 Å². The summed E-state index contributed by atoms with van der Waals surface area (Å²) in [6.07, 6.45) is 0.499. The van der Waals surface area contributed by atoms with E-state index < -0.39 is 10.0 Å². The number of nitriles is 1. The second-order valence-corrected chi connectivity index (χ2v) is 8.68. The summed E-state index contributed by atoms with van der Waals surface area (Å²) in [6.45, 7) is 2.39. The largest absolute Gasteiger partial charge is 0.385 e. The highest BCUT2D eigenvalue weighted by Crippen LogP contribution is 2.24. The van der Waals surface area contributed by atoms with E-state index in [0.29, 0.717) is 39.2 Å². The Labute approximate surface area is 152 Å². The number of piperazine rings is 1. The summed E-state index contributed by atoms with van der Waals surface area (Å²) in [7, 11) is -1.68. The van der Waals surface area contributed by atoms with E-state index in [1.54, 1.807) is 7.11 Å². The smallest absolute Gasteiger partial charge is 0.214 e. The molecular formula is C16H22BrN3O3S. The van der Waals surface area contributed by atoms with Crippen LogP contribution in [0.4, 0.5) is 0 Å². The quantitative estimate of drug-likeness (QED) is 0.636. The highest BCUT2D eigenvalue weighted by atomic mass is 79.9. The Bertz CT molecular complexity index is 665. The Hall–Kier alpha value is -0.980. The van der Waals surface area contributed by atoms with Crippen LogP contribution in [-0.2, 0) is 14.8 Å². The fourth-order valence-electron chi connectivity index (χ4n) is 2.77. The minimum atomic E-state index is -3.24. The van der Waals surface area contributed by atoms with Crippen molar-refractivity contribution in [1.29, 1.82) is 5.26 Å². The van der Waals surface area contributed by atoms with Gasteiger partial charge in [0.2, 0.25) is 10.0 Å². The number of hydrogen-bond acceptors (Lipinski definition) is 5. The minimum Gasteiger partial charge on any atom is -0.385 e. The van der Waals surface area contributed by atoms with Gasteiger partial charge in [-0.3, -0.25) is 4.90 Å². The molecule has 0 spiro atoms. The van der Waals surface area contributed by atoms with E-state index in [2.05, 4.69) is 22.0 Å². The normalized spacial score (nSPS) is 18.2. The van der Waals surface area contributed by atoms with Crippen molar-refractivity contribution in [2.45, 2.75) is 12.5 Å². The van der Waals surface area contributed by atoms with Crippen LogP contribution >= 0.6 is 15.9 Å². The highest BCUT2D eigenvalue weighted by Gasteiger charge is 2.30. The summed E-state index contributed by atoms with van der Waals surface area (Å²) >= 11 is 3.39. The van der Waals surface area contributed by atoms with E-state index >= 15 is 0 Å². The van der Waals surface area contributed by atoms with Gasteiger partial charge in [-0.1, -0.05) is 28.1 Å². The van der Waals surface area contributed by atoms with E-state index in [9.17, 15) is 13.7 Å². The van der Waals surface area contributed by atoms with Gasteiger partial charge in [0.15, 0.2) is 0 Å². The van der Waals surface area contributed by atoms with Gasteiger partial charge in [0.25, 0.3) is 0 Å². The summed E-state index contributed by atoms with van der Waals surface area (Å²) in [4.78, 5) is 2.03. The molecule has 0 aliphatic carbocycles. The van der Waals surface area contributed by atoms with Gasteiger partial charge < -0.3 is 4.74 Å². The lowest BCUT2D eigenvalue weighted by atomic mass is 10.1. The van der Waals surface area contributed by atoms with Crippen LogP contribution in [0.1, 0.15) is 18.0 Å². The zero-order chi connectivity index (χ0) is 17.6. The standard InChI is InChI=1S/C16H22BrN3O3S/c1-23-11-2-12-24(21,22)20-9-7-19(8-10-20)16(13-18)14-3-5-15(17)6-4-14/h3-6,16H,2,7-12H2,1H3/t16-/m1/s1. The van der Waals surface area contributed by atoms with Gasteiger partial charge in [-0.2, -0.15) is 9.57 Å². The molecule has 0 radical (unpaired) electrons. The fourth-order valence-corrected chi connectivity index (χ4v) is 4.49. The molecule has 1 aromatic rings. The van der Waals surface area contributed by atoms with Crippen LogP contribution in [0.5, 0.6) is 0 Å². The van der Waals surface area contributed by atoms with Gasteiger partial charge in [0.1, 0.15) is 6.04 Å². The Morgan fingerprint density at radius 1 is 1.25 bits per heavy atom. The van der Waals surface area contributed by atoms with Crippen molar-refractivity contribution in [2.75, 3.05) is 45.6 Å². The van der Waals surface area contributed by atoms with Crippen LogP contribution in [0, 0.1) is 11.3 Å². The maximum absolute atomic E-state index is 12.3. The second kappa shape index (κ2) is 8.92. The van der Waals surface area contributed by atoms with Crippen LogP contribution in [0.15, 0.2) is 28.7 Å². The van der Waals surface area contributed by atoms with Crippen molar-refractivity contribution in [2.24, 2.45) is 0 Å². The molecule has 8 heteroatoms. The Morgan fingerprint density at radius 3 is 2.42 bits per heavy atom. The van der Waals surface area contributed by atoms with Crippen molar-refractivity contribution in [3.63, 3.8) is 0 Å². The molecule has 0 bridgehead atoms. The summed E-state index contributed by atoms with van der Waals surface area (Å²) < 4.78 is 32.0. The van der Waals surface area contributed by atoms with Crippen molar-refractivity contribution in [3.8, 4) is 6.07 Å². The van der Waals surface area contributed by atoms with Gasteiger partial charge in [-0.05, 0) is 24.1 Å². The Kier molecular flexibility index (Phi) is 7.19. The third-order valence-corrected chi connectivity index (χ3v) is 6.58. The number of methoxy groups -OCH3 is 1. The molecular weight excluding hydrogens is 394 g/mol. The van der Waals surface area contributed by atoms with Gasteiger partial charge in [0, 0.05) is 44.4 Å². The van der Waals surface area contributed by atoms with Gasteiger partial charge >= 0.3 is 0 Å². The Balaban J connectivity index is 1.96. The summed E-state index contributed by atoms with van der Waals surface area (Å²) in [5.41, 5.74) is 0.928. The molecule has 1 heterocycles. The third-order valence-electron chi connectivity index (χ3n) is 4.09. The lowest BCUT2D eigenvalue weighted by Gasteiger charge is -2.36. The number of halogens is 1. The van der Waals surface area contributed by atoms with Crippen molar-refractivity contribution >= 4 is 26.0 Å². The van der Waals surface area contributed by atoms with Crippen molar-refractivity contribution in [3.05, 3.63) is 34.3 Å². The molecule has 1 aromatic carbocycles. The lowest BCUT2D eigenvalue weighted by Crippen LogP contribution is -2.50. The molecule has 1 aliphatic rings. The monoisotopic (exact) mass is 415 g/mol. The number of rotatable bonds is 7. The van der Waals surface area contributed by atoms with E-state index in [0.717, 1.165) is 10.0 Å². The SMILES string of the molecule is COCCCS(=O)(=O)N1CCN([C@H](C#N)c2ccc(Br)cc2)CC1. The molecule has 0 unspecified atom stereocenters. The van der Waals surface area contributed by atoms with Crippen LogP contribution < -0.4 is 0 Å². The van der Waals surface area contributed by atoms with Gasteiger partial charge in [0.05, 0.1) is 11.8 Å². The summed E-state index contributed by atoms with van der Waals surface area (Å²) in [5.74, 6) is 0.106. The molecule has 1 atom stereocenters. The maximum Gasteiger partial charge on any atom is 0.214 e. The maximum atomic E-state index is 12.3. The molecule has 0 N–H and O–H groups in total. The average molecular weight is 416 g/mol. The van der Waals surface area contributed by atoms with E-state index in [1.165, 1.54) is 4.31 Å². The third kappa shape index (κ3) is 5.01. The molecule has 0 aromatic heterocycles. The van der Waals surface area contributed by atoms with Crippen LogP contribution in [-0.4, -0.2) is 63.3 Å². The van der Waals surface area contributed by atoms with Crippen LogP contribution in [0.2, 0.25) is 0 Å². The lowest BCUT2D eigenvalue weighted by molar-refractivity contribution is 0.162. The summed E-state index contributed by atoms with van der Waals surface area (Å²) in [5, 5.41) is 9.52.